The van der Waals surface area contributed by atoms with Crippen molar-refractivity contribution in [3.8, 4) is 0 Å². The molecule has 1 heterocycles. The summed E-state index contributed by atoms with van der Waals surface area (Å²) < 4.78 is 5.66. The van der Waals surface area contributed by atoms with Crippen LogP contribution in [0.2, 0.25) is 0 Å². The van der Waals surface area contributed by atoms with Crippen molar-refractivity contribution in [1.82, 2.24) is 10.2 Å². The van der Waals surface area contributed by atoms with Gasteiger partial charge in [0.15, 0.2) is 0 Å². The van der Waals surface area contributed by atoms with E-state index in [1.165, 1.54) is 6.42 Å². The fourth-order valence-electron chi connectivity index (χ4n) is 2.24. The Morgan fingerprint density at radius 2 is 2.13 bits per heavy atom. The lowest BCUT2D eigenvalue weighted by atomic mass is 10.1. The van der Waals surface area contributed by atoms with Gasteiger partial charge >= 0.3 is 0 Å². The highest BCUT2D eigenvalue weighted by Gasteiger charge is 2.28. The second kappa shape index (κ2) is 6.46. The lowest BCUT2D eigenvalue weighted by Crippen LogP contribution is -2.54. The number of hydrogen-bond acceptors (Lipinski definition) is 3. The Balaban J connectivity index is 2.48. The fourth-order valence-corrected chi connectivity index (χ4v) is 2.24. The standard InChI is InChI=1S/C12H26N2O/c1-5-12(7-13-6-2)14-8-11(4)15-9-10(14)3/h10-13H,5-9H2,1-4H3. The molecule has 0 spiro atoms. The zero-order chi connectivity index (χ0) is 11.3. The van der Waals surface area contributed by atoms with Crippen molar-refractivity contribution in [3.63, 3.8) is 0 Å². The molecule has 1 aliphatic heterocycles. The average molecular weight is 214 g/mol. The second-order valence-corrected chi connectivity index (χ2v) is 4.56. The maximum atomic E-state index is 5.66. The number of nitrogens with zero attached hydrogens (tertiary/aromatic N) is 1. The Hall–Kier alpha value is -0.120. The molecule has 3 unspecified atom stereocenters. The first-order valence-corrected chi connectivity index (χ1v) is 6.27. The summed E-state index contributed by atoms with van der Waals surface area (Å²) in [5, 5.41) is 3.45. The quantitative estimate of drug-likeness (QED) is 0.750. The van der Waals surface area contributed by atoms with Crippen molar-refractivity contribution in [2.24, 2.45) is 0 Å². The predicted octanol–water partition coefficient (Wildman–Crippen LogP) is 1.48. The van der Waals surface area contributed by atoms with E-state index in [9.17, 15) is 0 Å². The Labute approximate surface area is 94.2 Å². The van der Waals surface area contributed by atoms with Gasteiger partial charge in [0.1, 0.15) is 0 Å². The van der Waals surface area contributed by atoms with E-state index in [4.69, 9.17) is 4.74 Å². The predicted molar refractivity (Wildman–Crippen MR) is 64.2 cm³/mol. The van der Waals surface area contributed by atoms with Crippen LogP contribution in [0.25, 0.3) is 0 Å². The number of hydrogen-bond donors (Lipinski definition) is 1. The third kappa shape index (κ3) is 3.74. The molecule has 3 nitrogen and oxygen atoms in total. The second-order valence-electron chi connectivity index (χ2n) is 4.56. The molecule has 0 aromatic carbocycles. The molecule has 3 atom stereocenters. The first-order valence-electron chi connectivity index (χ1n) is 6.27. The van der Waals surface area contributed by atoms with Crippen molar-refractivity contribution < 1.29 is 4.74 Å². The van der Waals surface area contributed by atoms with Gasteiger partial charge in [-0.15, -0.1) is 0 Å². The van der Waals surface area contributed by atoms with Gasteiger partial charge in [-0.25, -0.2) is 0 Å². The fraction of sp³-hybridized carbons (Fsp3) is 1.00. The van der Waals surface area contributed by atoms with Gasteiger partial charge < -0.3 is 10.1 Å². The zero-order valence-electron chi connectivity index (χ0n) is 10.6. The molecule has 0 aromatic rings. The average Bonchev–Trinajstić information content (AvgIpc) is 2.24. The summed E-state index contributed by atoms with van der Waals surface area (Å²) in [5.74, 6) is 0. The molecule has 1 saturated heterocycles. The van der Waals surface area contributed by atoms with Gasteiger partial charge in [-0.1, -0.05) is 13.8 Å². The Kier molecular flexibility index (Phi) is 5.58. The summed E-state index contributed by atoms with van der Waals surface area (Å²) >= 11 is 0. The molecule has 15 heavy (non-hydrogen) atoms. The topological polar surface area (TPSA) is 24.5 Å². The molecule has 0 radical (unpaired) electrons. The van der Waals surface area contributed by atoms with Gasteiger partial charge in [-0.3, -0.25) is 4.90 Å². The highest BCUT2D eigenvalue weighted by molar-refractivity contribution is 4.82. The molecule has 1 aliphatic rings. The summed E-state index contributed by atoms with van der Waals surface area (Å²) in [6, 6.07) is 1.22. The number of nitrogens with one attached hydrogen (secondary N) is 1. The van der Waals surface area contributed by atoms with Crippen LogP contribution in [0.1, 0.15) is 34.1 Å². The molecule has 0 saturated carbocycles. The number of likely N-dealkylation sites (N-methyl/N-ethyl adjacent to an activating group) is 1. The van der Waals surface area contributed by atoms with Crippen LogP contribution < -0.4 is 5.32 Å². The van der Waals surface area contributed by atoms with E-state index in [-0.39, 0.29) is 0 Å². The van der Waals surface area contributed by atoms with E-state index < -0.39 is 0 Å². The van der Waals surface area contributed by atoms with Crippen LogP contribution in [0.5, 0.6) is 0 Å². The van der Waals surface area contributed by atoms with Gasteiger partial charge in [0.05, 0.1) is 12.7 Å². The minimum absolute atomic E-state index is 0.386. The molecule has 1 rings (SSSR count). The van der Waals surface area contributed by atoms with Crippen LogP contribution in [0.15, 0.2) is 0 Å². The molecular formula is C12H26N2O. The van der Waals surface area contributed by atoms with Crippen molar-refractivity contribution in [3.05, 3.63) is 0 Å². The molecule has 1 fully saturated rings. The van der Waals surface area contributed by atoms with Crippen molar-refractivity contribution in [2.75, 3.05) is 26.2 Å². The molecule has 1 N–H and O–H groups in total. The first kappa shape index (κ1) is 12.9. The maximum absolute atomic E-state index is 5.66. The lowest BCUT2D eigenvalue weighted by molar-refractivity contribution is -0.0660. The molecule has 0 aromatic heterocycles. The van der Waals surface area contributed by atoms with Crippen LogP contribution in [0, 0.1) is 0 Å². The van der Waals surface area contributed by atoms with E-state index in [2.05, 4.69) is 37.9 Å². The largest absolute Gasteiger partial charge is 0.376 e. The van der Waals surface area contributed by atoms with Crippen LogP contribution in [-0.4, -0.2) is 49.3 Å². The van der Waals surface area contributed by atoms with Crippen LogP contribution >= 0.6 is 0 Å². The van der Waals surface area contributed by atoms with Crippen molar-refractivity contribution >= 4 is 0 Å². The maximum Gasteiger partial charge on any atom is 0.0674 e. The van der Waals surface area contributed by atoms with Crippen LogP contribution in [0.4, 0.5) is 0 Å². The Morgan fingerprint density at radius 1 is 1.40 bits per heavy atom. The molecule has 0 aliphatic carbocycles. The van der Waals surface area contributed by atoms with E-state index >= 15 is 0 Å². The molecule has 0 amide bonds. The van der Waals surface area contributed by atoms with E-state index in [1.54, 1.807) is 0 Å². The highest BCUT2D eigenvalue weighted by Crippen LogP contribution is 2.16. The smallest absolute Gasteiger partial charge is 0.0674 e. The molecule has 3 heteroatoms. The Bertz CT molecular complexity index is 175. The van der Waals surface area contributed by atoms with Gasteiger partial charge in [0.2, 0.25) is 0 Å². The van der Waals surface area contributed by atoms with Crippen molar-refractivity contribution in [1.29, 1.82) is 0 Å². The number of morpholine rings is 1. The van der Waals surface area contributed by atoms with Crippen molar-refractivity contribution in [2.45, 2.75) is 52.3 Å². The van der Waals surface area contributed by atoms with Gasteiger partial charge in [0, 0.05) is 25.2 Å². The monoisotopic (exact) mass is 214 g/mol. The zero-order valence-corrected chi connectivity index (χ0v) is 10.6. The summed E-state index contributed by atoms with van der Waals surface area (Å²) in [4.78, 5) is 2.59. The third-order valence-corrected chi connectivity index (χ3v) is 3.23. The first-order chi connectivity index (χ1) is 7.19. The van der Waals surface area contributed by atoms with Crippen LogP contribution in [0.3, 0.4) is 0 Å². The molecule has 90 valence electrons. The third-order valence-electron chi connectivity index (χ3n) is 3.23. The summed E-state index contributed by atoms with van der Waals surface area (Å²) in [6.45, 7) is 13.0. The number of rotatable bonds is 5. The van der Waals surface area contributed by atoms with Gasteiger partial charge in [-0.2, -0.15) is 0 Å². The van der Waals surface area contributed by atoms with Gasteiger partial charge in [-0.05, 0) is 26.8 Å². The minimum Gasteiger partial charge on any atom is -0.376 e. The lowest BCUT2D eigenvalue weighted by Gasteiger charge is -2.41. The molecule has 0 bridgehead atoms. The SMILES string of the molecule is CCNCC(CC)N1CC(C)OCC1C. The molecular weight excluding hydrogens is 188 g/mol. The normalized spacial score (nSPS) is 30.4. The summed E-state index contributed by atoms with van der Waals surface area (Å²) in [7, 11) is 0. The van der Waals surface area contributed by atoms with Gasteiger partial charge in [0.25, 0.3) is 0 Å². The summed E-state index contributed by atoms with van der Waals surface area (Å²) in [5.41, 5.74) is 0. The highest BCUT2D eigenvalue weighted by atomic mass is 16.5. The number of ether oxygens (including phenoxy) is 1. The van der Waals surface area contributed by atoms with E-state index in [0.29, 0.717) is 18.2 Å². The Morgan fingerprint density at radius 3 is 2.73 bits per heavy atom. The minimum atomic E-state index is 0.386. The van der Waals surface area contributed by atoms with E-state index in [1.807, 2.05) is 0 Å². The summed E-state index contributed by atoms with van der Waals surface area (Å²) in [6.07, 6.45) is 1.60. The van der Waals surface area contributed by atoms with E-state index in [0.717, 1.165) is 26.2 Å². The van der Waals surface area contributed by atoms with Crippen LogP contribution in [-0.2, 0) is 4.74 Å².